The van der Waals surface area contributed by atoms with Crippen LogP contribution in [0.3, 0.4) is 0 Å². The number of nitrogens with one attached hydrogen (secondary N) is 1. The maximum atomic E-state index is 13.1. The number of sulfonamides is 1. The number of benzene rings is 3. The predicted octanol–water partition coefficient (Wildman–Crippen LogP) is 4.11. The Balaban J connectivity index is 1.82. The van der Waals surface area contributed by atoms with E-state index in [4.69, 9.17) is 0 Å². The maximum absolute atomic E-state index is 13.1. The number of rotatable bonds is 6. The molecule has 3 aromatic carbocycles. The van der Waals surface area contributed by atoms with Crippen LogP contribution in [-0.2, 0) is 14.8 Å². The van der Waals surface area contributed by atoms with Crippen LogP contribution in [-0.4, -0.2) is 31.7 Å². The first-order chi connectivity index (χ1) is 13.3. The van der Waals surface area contributed by atoms with E-state index in [2.05, 4.69) is 5.32 Å². The molecule has 0 radical (unpaired) electrons. The molecule has 0 heterocycles. The second-order valence-corrected chi connectivity index (χ2v) is 8.67. The Morgan fingerprint density at radius 2 is 1.68 bits per heavy atom. The molecule has 0 spiro atoms. The fraction of sp³-hybridized carbons (Fsp3) is 0.227. The van der Waals surface area contributed by atoms with Crippen LogP contribution in [0.4, 0.5) is 5.69 Å². The summed E-state index contributed by atoms with van der Waals surface area (Å²) in [6.07, 6.45) is 0. The van der Waals surface area contributed by atoms with Gasteiger partial charge in [-0.2, -0.15) is 4.31 Å². The third-order valence-corrected chi connectivity index (χ3v) is 6.83. The Morgan fingerprint density at radius 3 is 2.39 bits per heavy atom. The van der Waals surface area contributed by atoms with Gasteiger partial charge in [0.25, 0.3) is 0 Å². The third kappa shape index (κ3) is 4.08. The number of hydrogen-bond donors (Lipinski definition) is 1. The smallest absolute Gasteiger partial charge is 0.243 e. The average molecular weight is 397 g/mol. The van der Waals surface area contributed by atoms with Crippen LogP contribution >= 0.6 is 0 Å². The van der Waals surface area contributed by atoms with Gasteiger partial charge < -0.3 is 5.32 Å². The lowest BCUT2D eigenvalue weighted by Crippen LogP contribution is -2.37. The maximum Gasteiger partial charge on any atom is 0.243 e. The summed E-state index contributed by atoms with van der Waals surface area (Å²) in [6, 6.07) is 18.2. The van der Waals surface area contributed by atoms with E-state index in [0.717, 1.165) is 21.9 Å². The van der Waals surface area contributed by atoms with Crippen LogP contribution in [0.5, 0.6) is 0 Å². The molecule has 146 valence electrons. The third-order valence-electron chi connectivity index (χ3n) is 4.91. The standard InChI is InChI=1S/C22H24N2O3S/c1-4-24(15-22(25)23-21-11-7-8-16(2)17(21)3)28(26,27)20-13-12-18-9-5-6-10-19(18)14-20/h5-14H,4,15H2,1-3H3,(H,23,25). The number of carbonyl (C=O) groups excluding carboxylic acids is 1. The van der Waals surface area contributed by atoms with Crippen molar-refractivity contribution in [1.29, 1.82) is 0 Å². The highest BCUT2D eigenvalue weighted by Gasteiger charge is 2.25. The first kappa shape index (κ1) is 20.0. The van der Waals surface area contributed by atoms with Gasteiger partial charge in [0.2, 0.25) is 15.9 Å². The van der Waals surface area contributed by atoms with Crippen LogP contribution in [0.1, 0.15) is 18.1 Å². The minimum Gasteiger partial charge on any atom is -0.325 e. The average Bonchev–Trinajstić information content (AvgIpc) is 2.69. The Morgan fingerprint density at radius 1 is 0.964 bits per heavy atom. The van der Waals surface area contributed by atoms with Crippen molar-refractivity contribution in [1.82, 2.24) is 4.31 Å². The van der Waals surface area contributed by atoms with Gasteiger partial charge in [-0.25, -0.2) is 8.42 Å². The number of aryl methyl sites for hydroxylation is 1. The summed E-state index contributed by atoms with van der Waals surface area (Å²) in [5.74, 6) is -0.361. The Hall–Kier alpha value is -2.70. The molecule has 0 unspecified atom stereocenters. The van der Waals surface area contributed by atoms with Gasteiger partial charge in [-0.05, 0) is 53.9 Å². The van der Waals surface area contributed by atoms with Crippen molar-refractivity contribution in [3.8, 4) is 0 Å². The molecule has 0 fully saturated rings. The number of carbonyl (C=O) groups is 1. The van der Waals surface area contributed by atoms with E-state index < -0.39 is 10.0 Å². The molecule has 6 heteroatoms. The van der Waals surface area contributed by atoms with Crippen LogP contribution in [0, 0.1) is 13.8 Å². The minimum atomic E-state index is -3.78. The largest absolute Gasteiger partial charge is 0.325 e. The molecule has 28 heavy (non-hydrogen) atoms. The van der Waals surface area contributed by atoms with E-state index in [-0.39, 0.29) is 23.9 Å². The lowest BCUT2D eigenvalue weighted by Gasteiger charge is -2.21. The molecular formula is C22H24N2O3S. The van der Waals surface area contributed by atoms with E-state index in [0.29, 0.717) is 5.69 Å². The molecule has 3 rings (SSSR count). The van der Waals surface area contributed by atoms with Crippen LogP contribution in [0.25, 0.3) is 10.8 Å². The first-order valence-electron chi connectivity index (χ1n) is 9.18. The predicted molar refractivity (Wildman–Crippen MR) is 113 cm³/mol. The van der Waals surface area contributed by atoms with Gasteiger partial charge in [0, 0.05) is 12.2 Å². The van der Waals surface area contributed by atoms with Crippen molar-refractivity contribution < 1.29 is 13.2 Å². The van der Waals surface area contributed by atoms with Crippen molar-refractivity contribution in [2.24, 2.45) is 0 Å². The summed E-state index contributed by atoms with van der Waals surface area (Å²) in [4.78, 5) is 12.7. The van der Waals surface area contributed by atoms with Crippen molar-refractivity contribution in [3.63, 3.8) is 0 Å². The molecule has 0 saturated carbocycles. The zero-order valence-electron chi connectivity index (χ0n) is 16.3. The number of amides is 1. The van der Waals surface area contributed by atoms with Gasteiger partial charge in [0.05, 0.1) is 11.4 Å². The van der Waals surface area contributed by atoms with Crippen molar-refractivity contribution >= 4 is 32.4 Å². The highest BCUT2D eigenvalue weighted by atomic mass is 32.2. The lowest BCUT2D eigenvalue weighted by atomic mass is 10.1. The molecule has 3 aromatic rings. The normalized spacial score (nSPS) is 11.7. The highest BCUT2D eigenvalue weighted by molar-refractivity contribution is 7.89. The second-order valence-electron chi connectivity index (χ2n) is 6.74. The molecule has 5 nitrogen and oxygen atoms in total. The van der Waals surface area contributed by atoms with Crippen molar-refractivity contribution in [2.45, 2.75) is 25.7 Å². The van der Waals surface area contributed by atoms with Crippen molar-refractivity contribution in [3.05, 3.63) is 71.8 Å². The molecule has 0 aliphatic heterocycles. The summed E-state index contributed by atoms with van der Waals surface area (Å²) >= 11 is 0. The molecular weight excluding hydrogens is 372 g/mol. The van der Waals surface area contributed by atoms with Gasteiger partial charge in [-0.3, -0.25) is 4.79 Å². The van der Waals surface area contributed by atoms with Gasteiger partial charge in [-0.15, -0.1) is 0 Å². The van der Waals surface area contributed by atoms with Crippen LogP contribution in [0.2, 0.25) is 0 Å². The molecule has 0 aromatic heterocycles. The monoisotopic (exact) mass is 396 g/mol. The highest BCUT2D eigenvalue weighted by Crippen LogP contribution is 2.22. The van der Waals surface area contributed by atoms with Gasteiger partial charge in [0.15, 0.2) is 0 Å². The Kier molecular flexibility index (Phi) is 5.82. The molecule has 0 aliphatic carbocycles. The van der Waals surface area contributed by atoms with E-state index in [9.17, 15) is 13.2 Å². The number of anilines is 1. The summed E-state index contributed by atoms with van der Waals surface area (Å²) in [5, 5.41) is 4.64. The first-order valence-corrected chi connectivity index (χ1v) is 10.6. The number of hydrogen-bond acceptors (Lipinski definition) is 3. The Bertz CT molecular complexity index is 1120. The van der Waals surface area contributed by atoms with E-state index in [1.54, 1.807) is 25.1 Å². The quantitative estimate of drug-likeness (QED) is 0.682. The SMILES string of the molecule is CCN(CC(=O)Nc1cccc(C)c1C)S(=O)(=O)c1ccc2ccccc2c1. The molecule has 0 aliphatic rings. The zero-order valence-corrected chi connectivity index (χ0v) is 17.1. The summed E-state index contributed by atoms with van der Waals surface area (Å²) in [5.41, 5.74) is 2.73. The van der Waals surface area contributed by atoms with E-state index in [1.807, 2.05) is 56.3 Å². The number of likely N-dealkylation sites (N-methyl/N-ethyl adjacent to an activating group) is 1. The van der Waals surface area contributed by atoms with Crippen LogP contribution < -0.4 is 5.32 Å². The fourth-order valence-electron chi connectivity index (χ4n) is 3.08. The number of fused-ring (bicyclic) bond motifs is 1. The summed E-state index contributed by atoms with van der Waals surface area (Å²) < 4.78 is 27.3. The number of nitrogens with zero attached hydrogens (tertiary/aromatic N) is 1. The lowest BCUT2D eigenvalue weighted by molar-refractivity contribution is -0.116. The molecule has 0 saturated heterocycles. The molecule has 0 bridgehead atoms. The van der Waals surface area contributed by atoms with E-state index in [1.165, 1.54) is 4.31 Å². The van der Waals surface area contributed by atoms with Gasteiger partial charge >= 0.3 is 0 Å². The Labute approximate surface area is 166 Å². The van der Waals surface area contributed by atoms with Crippen LogP contribution in [0.15, 0.2) is 65.6 Å². The topological polar surface area (TPSA) is 66.5 Å². The zero-order chi connectivity index (χ0) is 20.3. The minimum absolute atomic E-state index is 0.188. The van der Waals surface area contributed by atoms with Gasteiger partial charge in [0.1, 0.15) is 0 Å². The van der Waals surface area contributed by atoms with E-state index >= 15 is 0 Å². The second kappa shape index (κ2) is 8.12. The molecule has 1 amide bonds. The molecule has 1 N–H and O–H groups in total. The molecule has 0 atom stereocenters. The van der Waals surface area contributed by atoms with Crippen molar-refractivity contribution in [2.75, 3.05) is 18.4 Å². The summed E-state index contributed by atoms with van der Waals surface area (Å²) in [7, 11) is -3.78. The summed E-state index contributed by atoms with van der Waals surface area (Å²) in [6.45, 7) is 5.58. The fourth-order valence-corrected chi connectivity index (χ4v) is 4.52. The van der Waals surface area contributed by atoms with Gasteiger partial charge in [-0.1, -0.05) is 49.4 Å².